The topological polar surface area (TPSA) is 30.3 Å². The first-order valence-electron chi connectivity index (χ1n) is 6.79. The number of piperazine rings is 1. The second kappa shape index (κ2) is 6.14. The van der Waals surface area contributed by atoms with Gasteiger partial charge in [-0.1, -0.05) is 6.92 Å². The van der Waals surface area contributed by atoms with Crippen molar-refractivity contribution in [2.75, 3.05) is 26.2 Å². The molecule has 0 saturated carbocycles. The zero-order valence-electron chi connectivity index (χ0n) is 11.6. The van der Waals surface area contributed by atoms with E-state index in [-0.39, 0.29) is 5.82 Å². The maximum absolute atomic E-state index is 13.8. The van der Waals surface area contributed by atoms with Crippen molar-refractivity contribution in [3.8, 4) is 6.07 Å². The fraction of sp³-hybridized carbons (Fsp3) is 0.533. The number of hydrogen-bond acceptors (Lipinski definition) is 3. The van der Waals surface area contributed by atoms with Gasteiger partial charge in [0.2, 0.25) is 0 Å². The van der Waals surface area contributed by atoms with Crippen LogP contribution in [0, 0.1) is 17.1 Å². The van der Waals surface area contributed by atoms with Gasteiger partial charge in [0.15, 0.2) is 0 Å². The van der Waals surface area contributed by atoms with E-state index in [1.807, 2.05) is 0 Å². The van der Waals surface area contributed by atoms with Gasteiger partial charge in [-0.15, -0.1) is 0 Å². The van der Waals surface area contributed by atoms with Crippen LogP contribution in [-0.2, 0) is 6.54 Å². The SMILES string of the molecule is CCN1CCN(Cc2cc(C#N)ccc2F)CC1C. The summed E-state index contributed by atoms with van der Waals surface area (Å²) in [6, 6.07) is 7.14. The third kappa shape index (κ3) is 3.31. The van der Waals surface area contributed by atoms with E-state index in [1.54, 1.807) is 6.07 Å². The average molecular weight is 261 g/mol. The summed E-state index contributed by atoms with van der Waals surface area (Å²) in [5.41, 5.74) is 1.15. The van der Waals surface area contributed by atoms with E-state index in [0.29, 0.717) is 23.7 Å². The number of rotatable bonds is 3. The van der Waals surface area contributed by atoms with Crippen molar-refractivity contribution in [2.24, 2.45) is 0 Å². The van der Waals surface area contributed by atoms with Crippen molar-refractivity contribution in [3.05, 3.63) is 35.1 Å². The van der Waals surface area contributed by atoms with Gasteiger partial charge in [-0.3, -0.25) is 9.80 Å². The number of likely N-dealkylation sites (N-methyl/N-ethyl adjacent to an activating group) is 1. The van der Waals surface area contributed by atoms with E-state index < -0.39 is 0 Å². The van der Waals surface area contributed by atoms with Gasteiger partial charge in [0, 0.05) is 37.8 Å². The van der Waals surface area contributed by atoms with Crippen LogP contribution in [-0.4, -0.2) is 42.0 Å². The normalized spacial score (nSPS) is 21.3. The predicted octanol–water partition coefficient (Wildman–Crippen LogP) is 2.22. The van der Waals surface area contributed by atoms with Crippen LogP contribution in [0.3, 0.4) is 0 Å². The smallest absolute Gasteiger partial charge is 0.127 e. The lowest BCUT2D eigenvalue weighted by Gasteiger charge is -2.39. The van der Waals surface area contributed by atoms with Crippen LogP contribution in [0.15, 0.2) is 18.2 Å². The Labute approximate surface area is 114 Å². The van der Waals surface area contributed by atoms with E-state index >= 15 is 0 Å². The van der Waals surface area contributed by atoms with E-state index in [2.05, 4.69) is 29.7 Å². The zero-order chi connectivity index (χ0) is 13.8. The predicted molar refractivity (Wildman–Crippen MR) is 73.1 cm³/mol. The summed E-state index contributed by atoms with van der Waals surface area (Å²) >= 11 is 0. The molecule has 102 valence electrons. The molecule has 1 atom stereocenters. The van der Waals surface area contributed by atoms with Crippen molar-refractivity contribution in [2.45, 2.75) is 26.4 Å². The fourth-order valence-electron chi connectivity index (χ4n) is 2.69. The summed E-state index contributed by atoms with van der Waals surface area (Å²) < 4.78 is 13.8. The summed E-state index contributed by atoms with van der Waals surface area (Å²) in [5.74, 6) is -0.218. The molecule has 0 spiro atoms. The minimum atomic E-state index is -0.218. The summed E-state index contributed by atoms with van der Waals surface area (Å²) in [5, 5.41) is 8.87. The molecule has 0 aromatic heterocycles. The molecule has 3 nitrogen and oxygen atoms in total. The molecule has 0 N–H and O–H groups in total. The Balaban J connectivity index is 2.04. The molecule has 1 heterocycles. The molecule has 0 aliphatic carbocycles. The standard InChI is InChI=1S/C15H20FN3/c1-3-19-7-6-18(10-12(19)2)11-14-8-13(9-17)4-5-15(14)16/h4-5,8,12H,3,6-7,10-11H2,1-2H3. The van der Waals surface area contributed by atoms with Crippen LogP contribution >= 0.6 is 0 Å². The summed E-state index contributed by atoms with van der Waals surface area (Å²) in [6.07, 6.45) is 0. The van der Waals surface area contributed by atoms with Gasteiger partial charge in [0.1, 0.15) is 5.82 Å². The Morgan fingerprint density at radius 1 is 1.42 bits per heavy atom. The molecule has 1 aliphatic heterocycles. The molecule has 1 fully saturated rings. The van der Waals surface area contributed by atoms with Crippen molar-refractivity contribution in [1.82, 2.24) is 9.80 Å². The molecule has 0 radical (unpaired) electrons. The van der Waals surface area contributed by atoms with Crippen LogP contribution in [0.5, 0.6) is 0 Å². The van der Waals surface area contributed by atoms with Gasteiger partial charge in [-0.2, -0.15) is 5.26 Å². The monoisotopic (exact) mass is 261 g/mol. The van der Waals surface area contributed by atoms with Gasteiger partial charge in [0.25, 0.3) is 0 Å². The lowest BCUT2D eigenvalue weighted by atomic mass is 10.1. The minimum absolute atomic E-state index is 0.218. The maximum Gasteiger partial charge on any atom is 0.127 e. The quantitative estimate of drug-likeness (QED) is 0.836. The number of hydrogen-bond donors (Lipinski definition) is 0. The molecule has 1 aliphatic rings. The van der Waals surface area contributed by atoms with Crippen LogP contribution in [0.2, 0.25) is 0 Å². The summed E-state index contributed by atoms with van der Waals surface area (Å²) in [6.45, 7) is 8.95. The molecule has 2 rings (SSSR count). The molecule has 1 aromatic rings. The second-order valence-corrected chi connectivity index (χ2v) is 5.13. The molecule has 4 heteroatoms. The Hall–Kier alpha value is -1.44. The highest BCUT2D eigenvalue weighted by Gasteiger charge is 2.22. The van der Waals surface area contributed by atoms with Gasteiger partial charge < -0.3 is 0 Å². The zero-order valence-corrected chi connectivity index (χ0v) is 11.6. The van der Waals surface area contributed by atoms with Gasteiger partial charge in [-0.25, -0.2) is 4.39 Å². The van der Waals surface area contributed by atoms with Gasteiger partial charge >= 0.3 is 0 Å². The van der Waals surface area contributed by atoms with E-state index in [4.69, 9.17) is 5.26 Å². The summed E-state index contributed by atoms with van der Waals surface area (Å²) in [7, 11) is 0. The minimum Gasteiger partial charge on any atom is -0.298 e. The first-order valence-corrected chi connectivity index (χ1v) is 6.79. The molecular formula is C15H20FN3. The molecule has 0 amide bonds. The fourth-order valence-corrected chi connectivity index (χ4v) is 2.69. The van der Waals surface area contributed by atoms with E-state index in [9.17, 15) is 4.39 Å². The second-order valence-electron chi connectivity index (χ2n) is 5.13. The summed E-state index contributed by atoms with van der Waals surface area (Å²) in [4.78, 5) is 4.69. The van der Waals surface area contributed by atoms with E-state index in [1.165, 1.54) is 12.1 Å². The maximum atomic E-state index is 13.8. The first kappa shape index (κ1) is 14.0. The highest BCUT2D eigenvalue weighted by atomic mass is 19.1. The average Bonchev–Trinajstić information content (AvgIpc) is 2.41. The Bertz CT molecular complexity index is 481. The van der Waals surface area contributed by atoms with Crippen LogP contribution in [0.4, 0.5) is 4.39 Å². The lowest BCUT2D eigenvalue weighted by Crippen LogP contribution is -2.51. The van der Waals surface area contributed by atoms with E-state index in [0.717, 1.165) is 26.2 Å². The molecule has 0 bridgehead atoms. The first-order chi connectivity index (χ1) is 9.13. The van der Waals surface area contributed by atoms with Crippen LogP contribution in [0.25, 0.3) is 0 Å². The largest absolute Gasteiger partial charge is 0.298 e. The number of nitrogens with zero attached hydrogens (tertiary/aromatic N) is 3. The number of benzene rings is 1. The Morgan fingerprint density at radius 3 is 2.84 bits per heavy atom. The lowest BCUT2D eigenvalue weighted by molar-refractivity contribution is 0.0827. The highest BCUT2D eigenvalue weighted by Crippen LogP contribution is 2.16. The number of halogens is 1. The van der Waals surface area contributed by atoms with Crippen molar-refractivity contribution < 1.29 is 4.39 Å². The van der Waals surface area contributed by atoms with Crippen molar-refractivity contribution >= 4 is 0 Å². The van der Waals surface area contributed by atoms with Gasteiger partial charge in [0.05, 0.1) is 11.6 Å². The highest BCUT2D eigenvalue weighted by molar-refractivity contribution is 5.33. The molecule has 1 saturated heterocycles. The van der Waals surface area contributed by atoms with Crippen LogP contribution < -0.4 is 0 Å². The van der Waals surface area contributed by atoms with Gasteiger partial charge in [-0.05, 0) is 31.7 Å². The molecule has 1 aromatic carbocycles. The number of nitriles is 1. The Kier molecular flexibility index (Phi) is 4.52. The van der Waals surface area contributed by atoms with Crippen LogP contribution in [0.1, 0.15) is 25.0 Å². The molecule has 19 heavy (non-hydrogen) atoms. The Morgan fingerprint density at radius 2 is 2.21 bits per heavy atom. The van der Waals surface area contributed by atoms with Crippen molar-refractivity contribution in [1.29, 1.82) is 5.26 Å². The van der Waals surface area contributed by atoms with Crippen molar-refractivity contribution in [3.63, 3.8) is 0 Å². The molecular weight excluding hydrogens is 241 g/mol. The third-order valence-electron chi connectivity index (χ3n) is 3.82. The third-order valence-corrected chi connectivity index (χ3v) is 3.82. The molecule has 1 unspecified atom stereocenters.